The van der Waals surface area contributed by atoms with Crippen LogP contribution in [0.3, 0.4) is 0 Å². The standard InChI is InChI=1S/C21H27N3O4/c1-3-23(13-21(27)28)17-10-16(11-17)22-20(26)12-19-18-7-5-4-6-15(18)8-9-24(19)14(2)25/h4-9,16-17,19H,3,10-13H2,1-2H3,(H,22,26)(H,27,28). The van der Waals surface area contributed by atoms with Gasteiger partial charge in [0.15, 0.2) is 0 Å². The second-order valence-electron chi connectivity index (χ2n) is 7.44. The number of carbonyl (C=O) groups is 3. The summed E-state index contributed by atoms with van der Waals surface area (Å²) in [5.74, 6) is -1.02. The Morgan fingerprint density at radius 1 is 1.25 bits per heavy atom. The lowest BCUT2D eigenvalue weighted by molar-refractivity contribution is -0.140. The Labute approximate surface area is 165 Å². The maximum atomic E-state index is 12.6. The van der Waals surface area contributed by atoms with E-state index in [0.29, 0.717) is 6.54 Å². The van der Waals surface area contributed by atoms with Crippen molar-refractivity contribution in [3.05, 3.63) is 41.6 Å². The van der Waals surface area contributed by atoms with Crippen LogP contribution in [0, 0.1) is 0 Å². The van der Waals surface area contributed by atoms with Crippen molar-refractivity contribution in [3.63, 3.8) is 0 Å². The van der Waals surface area contributed by atoms with Gasteiger partial charge in [0.2, 0.25) is 11.8 Å². The summed E-state index contributed by atoms with van der Waals surface area (Å²) in [5.41, 5.74) is 1.99. The van der Waals surface area contributed by atoms with Crippen LogP contribution in [0.15, 0.2) is 30.5 Å². The highest BCUT2D eigenvalue weighted by Gasteiger charge is 2.35. The molecule has 0 radical (unpaired) electrons. The van der Waals surface area contributed by atoms with Gasteiger partial charge in [0.05, 0.1) is 19.0 Å². The maximum absolute atomic E-state index is 12.6. The summed E-state index contributed by atoms with van der Waals surface area (Å²) in [5, 5.41) is 12.0. The van der Waals surface area contributed by atoms with Gasteiger partial charge in [-0.15, -0.1) is 0 Å². The van der Waals surface area contributed by atoms with Crippen LogP contribution >= 0.6 is 0 Å². The molecule has 0 aromatic heterocycles. The number of nitrogens with one attached hydrogen (secondary N) is 1. The van der Waals surface area contributed by atoms with Crippen LogP contribution < -0.4 is 5.32 Å². The lowest BCUT2D eigenvalue weighted by Gasteiger charge is -2.42. The fourth-order valence-corrected chi connectivity index (χ4v) is 4.05. The monoisotopic (exact) mass is 385 g/mol. The minimum Gasteiger partial charge on any atom is -0.480 e. The topological polar surface area (TPSA) is 90.0 Å². The van der Waals surface area contributed by atoms with E-state index in [4.69, 9.17) is 5.11 Å². The molecule has 0 bridgehead atoms. The van der Waals surface area contributed by atoms with E-state index in [9.17, 15) is 14.4 Å². The van der Waals surface area contributed by atoms with Crippen LogP contribution in [-0.4, -0.2) is 57.9 Å². The smallest absolute Gasteiger partial charge is 0.317 e. The van der Waals surface area contributed by atoms with Gasteiger partial charge in [-0.2, -0.15) is 0 Å². The molecule has 0 saturated heterocycles. The molecule has 2 amide bonds. The molecule has 3 rings (SSSR count). The van der Waals surface area contributed by atoms with Crippen molar-refractivity contribution in [1.82, 2.24) is 15.1 Å². The minimum atomic E-state index is -0.831. The van der Waals surface area contributed by atoms with E-state index in [2.05, 4.69) is 5.32 Å². The molecule has 7 heteroatoms. The molecule has 1 atom stereocenters. The third-order valence-corrected chi connectivity index (χ3v) is 5.59. The fraction of sp³-hybridized carbons (Fsp3) is 0.476. The Morgan fingerprint density at radius 2 is 1.96 bits per heavy atom. The Hall–Kier alpha value is -2.67. The number of amides is 2. The molecule has 28 heavy (non-hydrogen) atoms. The second-order valence-corrected chi connectivity index (χ2v) is 7.44. The molecule has 1 unspecified atom stereocenters. The molecule has 1 heterocycles. The predicted octanol–water partition coefficient (Wildman–Crippen LogP) is 2.00. The van der Waals surface area contributed by atoms with Crippen molar-refractivity contribution in [2.45, 2.75) is 51.2 Å². The van der Waals surface area contributed by atoms with Gasteiger partial charge in [-0.1, -0.05) is 31.2 Å². The number of benzene rings is 1. The van der Waals surface area contributed by atoms with Crippen molar-refractivity contribution in [2.75, 3.05) is 13.1 Å². The average molecular weight is 385 g/mol. The summed E-state index contributed by atoms with van der Waals surface area (Å²) < 4.78 is 0. The largest absolute Gasteiger partial charge is 0.480 e. The summed E-state index contributed by atoms with van der Waals surface area (Å²) in [6.07, 6.45) is 5.35. The van der Waals surface area contributed by atoms with Gasteiger partial charge in [-0.25, -0.2) is 0 Å². The van der Waals surface area contributed by atoms with Gasteiger partial charge < -0.3 is 15.3 Å². The lowest BCUT2D eigenvalue weighted by Crippen LogP contribution is -2.55. The zero-order valence-electron chi connectivity index (χ0n) is 16.3. The van der Waals surface area contributed by atoms with Gasteiger partial charge in [0.1, 0.15) is 0 Å². The first kappa shape index (κ1) is 20.1. The molecule has 1 fully saturated rings. The van der Waals surface area contributed by atoms with E-state index in [-0.39, 0.29) is 42.9 Å². The normalized spacial score (nSPS) is 23.1. The number of carboxylic acids is 1. The third-order valence-electron chi connectivity index (χ3n) is 5.59. The average Bonchev–Trinajstić information content (AvgIpc) is 2.62. The zero-order chi connectivity index (χ0) is 20.3. The molecule has 7 nitrogen and oxygen atoms in total. The molecule has 2 aliphatic rings. The molecule has 1 aliphatic carbocycles. The number of likely N-dealkylation sites (N-methyl/N-ethyl adjacent to an activating group) is 1. The van der Waals surface area contributed by atoms with Crippen LogP contribution in [0.2, 0.25) is 0 Å². The van der Waals surface area contributed by atoms with Gasteiger partial charge in [-0.05, 0) is 36.6 Å². The number of aliphatic carboxylic acids is 1. The maximum Gasteiger partial charge on any atom is 0.317 e. The summed E-state index contributed by atoms with van der Waals surface area (Å²) in [6, 6.07) is 7.73. The predicted molar refractivity (Wildman–Crippen MR) is 105 cm³/mol. The molecule has 1 aromatic carbocycles. The first-order valence-electron chi connectivity index (χ1n) is 9.70. The molecule has 0 spiro atoms. The number of rotatable bonds is 7. The highest BCUT2D eigenvalue weighted by atomic mass is 16.4. The van der Waals surface area contributed by atoms with Crippen molar-refractivity contribution in [3.8, 4) is 0 Å². The van der Waals surface area contributed by atoms with Gasteiger partial charge in [0.25, 0.3) is 0 Å². The molecule has 1 aromatic rings. The Kier molecular flexibility index (Phi) is 6.14. The number of carboxylic acid groups (broad SMARTS) is 1. The van der Waals surface area contributed by atoms with Crippen LogP contribution in [0.4, 0.5) is 0 Å². The first-order valence-corrected chi connectivity index (χ1v) is 9.70. The Morgan fingerprint density at radius 3 is 2.61 bits per heavy atom. The van der Waals surface area contributed by atoms with Crippen molar-refractivity contribution >= 4 is 23.9 Å². The quantitative estimate of drug-likeness (QED) is 0.749. The SMILES string of the molecule is CCN(CC(=O)O)C1CC(NC(=O)CC2c3ccccc3C=CN2C(C)=O)C1. The van der Waals surface area contributed by atoms with E-state index in [1.54, 1.807) is 11.1 Å². The van der Waals surface area contributed by atoms with Crippen molar-refractivity contribution in [1.29, 1.82) is 0 Å². The van der Waals surface area contributed by atoms with Gasteiger partial charge >= 0.3 is 5.97 Å². The number of carbonyl (C=O) groups excluding carboxylic acids is 2. The van der Waals surface area contributed by atoms with Gasteiger partial charge in [-0.3, -0.25) is 19.3 Å². The molecule has 1 saturated carbocycles. The van der Waals surface area contributed by atoms with E-state index in [1.165, 1.54) is 6.92 Å². The molecule has 1 aliphatic heterocycles. The fourth-order valence-electron chi connectivity index (χ4n) is 4.05. The minimum absolute atomic E-state index is 0.0284. The Bertz CT molecular complexity index is 786. The summed E-state index contributed by atoms with van der Waals surface area (Å²) >= 11 is 0. The van der Waals surface area contributed by atoms with Crippen molar-refractivity contribution < 1.29 is 19.5 Å². The first-order chi connectivity index (χ1) is 13.4. The third kappa shape index (κ3) is 4.42. The van der Waals surface area contributed by atoms with Crippen LogP contribution in [-0.2, 0) is 14.4 Å². The Balaban J connectivity index is 1.58. The number of hydrogen-bond acceptors (Lipinski definition) is 4. The number of hydrogen-bond donors (Lipinski definition) is 2. The van der Waals surface area contributed by atoms with E-state index < -0.39 is 5.97 Å². The van der Waals surface area contributed by atoms with Crippen LogP contribution in [0.25, 0.3) is 6.08 Å². The molecular formula is C21H27N3O4. The summed E-state index contributed by atoms with van der Waals surface area (Å²) in [6.45, 7) is 4.15. The molecular weight excluding hydrogens is 358 g/mol. The number of nitrogens with zero attached hydrogens (tertiary/aromatic N) is 2. The second kappa shape index (κ2) is 8.56. The van der Waals surface area contributed by atoms with E-state index in [0.717, 1.165) is 24.0 Å². The van der Waals surface area contributed by atoms with E-state index in [1.807, 2.05) is 42.2 Å². The zero-order valence-corrected chi connectivity index (χ0v) is 16.3. The van der Waals surface area contributed by atoms with Gasteiger partial charge in [0, 0.05) is 25.2 Å². The highest BCUT2D eigenvalue weighted by molar-refractivity contribution is 5.82. The lowest BCUT2D eigenvalue weighted by atomic mass is 9.85. The van der Waals surface area contributed by atoms with Crippen LogP contribution in [0.5, 0.6) is 0 Å². The highest BCUT2D eigenvalue weighted by Crippen LogP contribution is 2.33. The van der Waals surface area contributed by atoms with Crippen molar-refractivity contribution in [2.24, 2.45) is 0 Å². The summed E-state index contributed by atoms with van der Waals surface area (Å²) in [4.78, 5) is 39.1. The van der Waals surface area contributed by atoms with E-state index >= 15 is 0 Å². The summed E-state index contributed by atoms with van der Waals surface area (Å²) in [7, 11) is 0. The molecule has 150 valence electrons. The van der Waals surface area contributed by atoms with Crippen LogP contribution in [0.1, 0.15) is 50.3 Å². The molecule has 2 N–H and O–H groups in total. The number of fused-ring (bicyclic) bond motifs is 1.